The van der Waals surface area contributed by atoms with Crippen LogP contribution in [0.2, 0.25) is 0 Å². The van der Waals surface area contributed by atoms with Crippen molar-refractivity contribution < 1.29 is 4.79 Å². The average Bonchev–Trinajstić information content (AvgIpc) is 2.51. The monoisotopic (exact) mass is 346 g/mol. The van der Waals surface area contributed by atoms with E-state index in [-0.39, 0.29) is 11.9 Å². The van der Waals surface area contributed by atoms with Crippen molar-refractivity contribution in [2.45, 2.75) is 25.8 Å². The molecule has 0 aromatic heterocycles. The van der Waals surface area contributed by atoms with Gasteiger partial charge in [-0.25, -0.2) is 0 Å². The zero-order valence-electron chi connectivity index (χ0n) is 12.0. The molecule has 0 spiro atoms. The van der Waals surface area contributed by atoms with Gasteiger partial charge in [0.1, 0.15) is 0 Å². The molecule has 0 bridgehead atoms. The molecule has 1 aliphatic rings. The molecule has 0 saturated carbocycles. The predicted octanol–water partition coefficient (Wildman–Crippen LogP) is 3.93. The zero-order chi connectivity index (χ0) is 14.8. The molecule has 1 aliphatic heterocycles. The molecular weight excluding hydrogens is 328 g/mol. The highest BCUT2D eigenvalue weighted by atomic mass is 79.9. The van der Waals surface area contributed by atoms with Crippen LogP contribution in [-0.2, 0) is 4.79 Å². The summed E-state index contributed by atoms with van der Waals surface area (Å²) in [6.45, 7) is 3.06. The van der Waals surface area contributed by atoms with E-state index in [9.17, 15) is 4.79 Å². The average molecular weight is 347 g/mol. The number of anilines is 1. The van der Waals surface area contributed by atoms with E-state index in [0.29, 0.717) is 5.92 Å². The number of benzene rings is 2. The maximum absolute atomic E-state index is 12.5. The number of piperidine rings is 1. The lowest BCUT2D eigenvalue weighted by Crippen LogP contribution is -2.48. The van der Waals surface area contributed by atoms with Crippen LogP contribution in [0, 0.1) is 5.92 Å². The Morgan fingerprint density at radius 3 is 2.76 bits per heavy atom. The largest absolute Gasteiger partial charge is 0.324 e. The summed E-state index contributed by atoms with van der Waals surface area (Å²) in [5.74, 6) is 0.440. The number of amides is 1. The normalized spacial score (nSPS) is 22.2. The van der Waals surface area contributed by atoms with Crippen LogP contribution in [0.5, 0.6) is 0 Å². The van der Waals surface area contributed by atoms with E-state index in [4.69, 9.17) is 0 Å². The lowest BCUT2D eigenvalue weighted by Gasteiger charge is -2.29. The van der Waals surface area contributed by atoms with Gasteiger partial charge >= 0.3 is 0 Å². The molecule has 1 amide bonds. The van der Waals surface area contributed by atoms with E-state index in [0.717, 1.165) is 40.3 Å². The molecule has 1 saturated heterocycles. The lowest BCUT2D eigenvalue weighted by molar-refractivity contribution is -0.119. The van der Waals surface area contributed by atoms with Gasteiger partial charge in [-0.15, -0.1) is 0 Å². The first-order valence-electron chi connectivity index (χ1n) is 7.38. The van der Waals surface area contributed by atoms with Crippen LogP contribution >= 0.6 is 15.9 Å². The van der Waals surface area contributed by atoms with Crippen molar-refractivity contribution in [2.24, 2.45) is 5.92 Å². The molecule has 2 N–H and O–H groups in total. The fourth-order valence-corrected chi connectivity index (χ4v) is 3.46. The number of nitrogens with one attached hydrogen (secondary N) is 2. The molecule has 1 fully saturated rings. The smallest absolute Gasteiger partial charge is 0.241 e. The maximum Gasteiger partial charge on any atom is 0.241 e. The zero-order valence-corrected chi connectivity index (χ0v) is 13.6. The van der Waals surface area contributed by atoms with Crippen LogP contribution in [0.1, 0.15) is 19.8 Å². The first kappa shape index (κ1) is 14.5. The van der Waals surface area contributed by atoms with Crippen LogP contribution in [0.25, 0.3) is 10.8 Å². The summed E-state index contributed by atoms with van der Waals surface area (Å²) in [5, 5.41) is 8.59. The number of hydrogen-bond donors (Lipinski definition) is 2. The molecule has 0 aliphatic carbocycles. The van der Waals surface area contributed by atoms with E-state index in [1.165, 1.54) is 0 Å². The molecule has 2 unspecified atom stereocenters. The minimum absolute atomic E-state index is 0.0645. The molecule has 1 heterocycles. The summed E-state index contributed by atoms with van der Waals surface area (Å²) in [6.07, 6.45) is 2.25. The molecule has 2 atom stereocenters. The SMILES string of the molecule is CC1CCCNC1C(=O)Nc1ccc(Br)c2ccccc12. The standard InChI is InChI=1S/C17H19BrN2O/c1-11-5-4-10-19-16(11)17(21)20-15-9-8-14(18)12-6-2-3-7-13(12)15/h2-3,6-9,11,16,19H,4-5,10H2,1H3,(H,20,21). The van der Waals surface area contributed by atoms with Crippen LogP contribution in [0.4, 0.5) is 5.69 Å². The third-order valence-corrected chi connectivity index (χ3v) is 4.87. The van der Waals surface area contributed by atoms with Crippen LogP contribution in [-0.4, -0.2) is 18.5 Å². The number of rotatable bonds is 2. The van der Waals surface area contributed by atoms with Gasteiger partial charge in [-0.1, -0.05) is 47.1 Å². The van der Waals surface area contributed by atoms with E-state index < -0.39 is 0 Å². The Kier molecular flexibility index (Phi) is 4.27. The molecule has 21 heavy (non-hydrogen) atoms. The third kappa shape index (κ3) is 2.97. The van der Waals surface area contributed by atoms with Gasteiger partial charge in [-0.2, -0.15) is 0 Å². The van der Waals surface area contributed by atoms with Crippen molar-refractivity contribution >= 4 is 38.3 Å². The molecular formula is C17H19BrN2O. The Labute approximate surface area is 133 Å². The van der Waals surface area contributed by atoms with Crippen molar-refractivity contribution in [3.8, 4) is 0 Å². The first-order valence-corrected chi connectivity index (χ1v) is 8.17. The Balaban J connectivity index is 1.88. The highest BCUT2D eigenvalue weighted by Gasteiger charge is 2.27. The Bertz CT molecular complexity index is 671. The quantitative estimate of drug-likeness (QED) is 0.864. The first-order chi connectivity index (χ1) is 10.2. The number of hydrogen-bond acceptors (Lipinski definition) is 2. The topological polar surface area (TPSA) is 41.1 Å². The van der Waals surface area contributed by atoms with Crippen molar-refractivity contribution in [3.05, 3.63) is 40.9 Å². The lowest BCUT2D eigenvalue weighted by atomic mass is 9.92. The van der Waals surface area contributed by atoms with E-state index in [2.05, 4.69) is 39.6 Å². The van der Waals surface area contributed by atoms with Gasteiger partial charge in [0.25, 0.3) is 0 Å². The minimum atomic E-state index is -0.0961. The van der Waals surface area contributed by atoms with Crippen LogP contribution in [0.15, 0.2) is 40.9 Å². The third-order valence-electron chi connectivity index (χ3n) is 4.18. The van der Waals surface area contributed by atoms with Crippen LogP contribution < -0.4 is 10.6 Å². The van der Waals surface area contributed by atoms with Crippen LogP contribution in [0.3, 0.4) is 0 Å². The summed E-state index contributed by atoms with van der Waals surface area (Å²) >= 11 is 3.56. The van der Waals surface area contributed by atoms with E-state index >= 15 is 0 Å². The molecule has 3 rings (SSSR count). The van der Waals surface area contributed by atoms with Gasteiger partial charge in [-0.3, -0.25) is 4.79 Å². The Morgan fingerprint density at radius 2 is 2.00 bits per heavy atom. The number of fused-ring (bicyclic) bond motifs is 1. The highest BCUT2D eigenvalue weighted by Crippen LogP contribution is 2.30. The van der Waals surface area contributed by atoms with Crippen molar-refractivity contribution in [1.82, 2.24) is 5.32 Å². The molecule has 110 valence electrons. The maximum atomic E-state index is 12.5. The van der Waals surface area contributed by atoms with E-state index in [1.54, 1.807) is 0 Å². The van der Waals surface area contributed by atoms with Gasteiger partial charge in [0.2, 0.25) is 5.91 Å². The summed E-state index contributed by atoms with van der Waals surface area (Å²) in [6, 6.07) is 11.9. The minimum Gasteiger partial charge on any atom is -0.324 e. The number of halogens is 1. The molecule has 2 aromatic carbocycles. The van der Waals surface area contributed by atoms with Crippen molar-refractivity contribution in [3.63, 3.8) is 0 Å². The summed E-state index contributed by atoms with van der Waals surface area (Å²) in [4.78, 5) is 12.5. The van der Waals surface area contributed by atoms with Gasteiger partial charge in [-0.05, 0) is 42.8 Å². The number of carbonyl (C=O) groups is 1. The predicted molar refractivity (Wildman–Crippen MR) is 90.5 cm³/mol. The van der Waals surface area contributed by atoms with Gasteiger partial charge in [0.05, 0.1) is 6.04 Å². The van der Waals surface area contributed by atoms with E-state index in [1.807, 2.05) is 30.3 Å². The summed E-state index contributed by atoms with van der Waals surface area (Å²) in [7, 11) is 0. The Hall–Kier alpha value is -1.39. The van der Waals surface area contributed by atoms with Gasteiger partial charge in [0, 0.05) is 15.5 Å². The summed E-state index contributed by atoms with van der Waals surface area (Å²) < 4.78 is 1.04. The fourth-order valence-electron chi connectivity index (χ4n) is 2.98. The molecule has 4 heteroatoms. The summed E-state index contributed by atoms with van der Waals surface area (Å²) in [5.41, 5.74) is 0.873. The second kappa shape index (κ2) is 6.16. The molecule has 3 nitrogen and oxygen atoms in total. The fraction of sp³-hybridized carbons (Fsp3) is 0.353. The second-order valence-corrected chi connectivity index (χ2v) is 6.54. The second-order valence-electron chi connectivity index (χ2n) is 5.68. The highest BCUT2D eigenvalue weighted by molar-refractivity contribution is 9.10. The molecule has 2 aromatic rings. The van der Waals surface area contributed by atoms with Gasteiger partial charge in [0.15, 0.2) is 0 Å². The van der Waals surface area contributed by atoms with Gasteiger partial charge < -0.3 is 10.6 Å². The number of carbonyl (C=O) groups excluding carboxylic acids is 1. The van der Waals surface area contributed by atoms with Crippen molar-refractivity contribution in [1.29, 1.82) is 0 Å². The molecule has 0 radical (unpaired) electrons. The Morgan fingerprint density at radius 1 is 1.24 bits per heavy atom. The van der Waals surface area contributed by atoms with Crippen molar-refractivity contribution in [2.75, 3.05) is 11.9 Å².